The Kier molecular flexibility index (Phi) is 5.21. The molecule has 0 radical (unpaired) electrons. The van der Waals surface area contributed by atoms with Crippen LogP contribution in [0.5, 0.6) is 0 Å². The first kappa shape index (κ1) is 18.5. The Hall–Kier alpha value is -1.90. The molecule has 2 aromatic heterocycles. The van der Waals surface area contributed by atoms with Gasteiger partial charge in [0, 0.05) is 19.6 Å². The van der Waals surface area contributed by atoms with E-state index >= 15 is 0 Å². The summed E-state index contributed by atoms with van der Waals surface area (Å²) in [6.07, 6.45) is 3.94. The summed E-state index contributed by atoms with van der Waals surface area (Å²) in [6, 6.07) is 0. The zero-order valence-electron chi connectivity index (χ0n) is 15.3. The molecule has 0 amide bonds. The number of aromatic nitrogens is 4. The molecule has 2 aliphatic rings. The molecule has 4 heterocycles. The average molecular weight is 382 g/mol. The first-order valence-corrected chi connectivity index (χ1v) is 9.76. The molecule has 27 heavy (non-hydrogen) atoms. The minimum Gasteiger partial charge on any atom is -0.354 e. The maximum absolute atomic E-state index is 13.2. The molecule has 2 saturated heterocycles. The summed E-state index contributed by atoms with van der Waals surface area (Å²) in [5.41, 5.74) is 0.556. The Balaban J connectivity index is 1.54. The van der Waals surface area contributed by atoms with Crippen LogP contribution in [-0.4, -0.2) is 57.6 Å². The number of piperidine rings is 1. The van der Waals surface area contributed by atoms with Crippen molar-refractivity contribution in [2.24, 2.45) is 5.92 Å². The molecule has 9 heteroatoms. The zero-order valence-corrected chi connectivity index (χ0v) is 15.3. The van der Waals surface area contributed by atoms with E-state index in [2.05, 4.69) is 24.8 Å². The minimum atomic E-state index is -4.58. The fourth-order valence-electron chi connectivity index (χ4n) is 4.26. The molecule has 1 N–H and O–H groups in total. The third kappa shape index (κ3) is 4.17. The van der Waals surface area contributed by atoms with E-state index in [0.29, 0.717) is 23.8 Å². The fourth-order valence-corrected chi connectivity index (χ4v) is 4.26. The average Bonchev–Trinajstić information content (AvgIpc) is 2.97. The van der Waals surface area contributed by atoms with Crippen molar-refractivity contribution in [1.29, 1.82) is 0 Å². The number of nitrogens with one attached hydrogen (secondary N) is 1. The summed E-state index contributed by atoms with van der Waals surface area (Å²) in [5, 5.41) is 0. The van der Waals surface area contributed by atoms with Crippen LogP contribution < -0.4 is 4.90 Å². The van der Waals surface area contributed by atoms with Gasteiger partial charge < -0.3 is 14.8 Å². The Morgan fingerprint density at radius 2 is 1.81 bits per heavy atom. The lowest BCUT2D eigenvalue weighted by atomic mass is 9.97. The SMILES string of the molecule is FC(F)(F)c1nc(N2CCCC(CN3CCCCCC3)C2)c2[nH]cnc2n1. The largest absolute Gasteiger partial charge is 0.451 e. The molecule has 0 aliphatic carbocycles. The molecule has 1 unspecified atom stereocenters. The third-order valence-corrected chi connectivity index (χ3v) is 5.55. The van der Waals surface area contributed by atoms with Crippen LogP contribution in [0.25, 0.3) is 11.2 Å². The Bertz CT molecular complexity index is 766. The second-order valence-corrected chi connectivity index (χ2v) is 7.64. The lowest BCUT2D eigenvalue weighted by Crippen LogP contribution is -2.42. The Morgan fingerprint density at radius 1 is 1.04 bits per heavy atom. The second-order valence-electron chi connectivity index (χ2n) is 7.64. The zero-order chi connectivity index (χ0) is 18.9. The molecule has 2 aromatic rings. The summed E-state index contributed by atoms with van der Waals surface area (Å²) < 4.78 is 39.6. The second kappa shape index (κ2) is 7.61. The van der Waals surface area contributed by atoms with Crippen molar-refractivity contribution in [3.05, 3.63) is 12.2 Å². The number of alkyl halides is 3. The third-order valence-electron chi connectivity index (χ3n) is 5.55. The van der Waals surface area contributed by atoms with E-state index in [-0.39, 0.29) is 5.65 Å². The quantitative estimate of drug-likeness (QED) is 0.881. The van der Waals surface area contributed by atoms with Gasteiger partial charge in [-0.15, -0.1) is 0 Å². The molecule has 0 saturated carbocycles. The van der Waals surface area contributed by atoms with Gasteiger partial charge >= 0.3 is 6.18 Å². The lowest BCUT2D eigenvalue weighted by Gasteiger charge is -2.36. The highest BCUT2D eigenvalue weighted by Gasteiger charge is 2.37. The van der Waals surface area contributed by atoms with Gasteiger partial charge in [-0.05, 0) is 44.7 Å². The minimum absolute atomic E-state index is 0.0713. The van der Waals surface area contributed by atoms with Gasteiger partial charge in [-0.1, -0.05) is 12.8 Å². The van der Waals surface area contributed by atoms with E-state index in [0.717, 1.165) is 39.0 Å². The molecule has 0 spiro atoms. The summed E-state index contributed by atoms with van der Waals surface area (Å²) in [6.45, 7) is 4.71. The monoisotopic (exact) mass is 382 g/mol. The van der Waals surface area contributed by atoms with Crippen LogP contribution in [-0.2, 0) is 6.18 Å². The standard InChI is InChI=1S/C18H25F3N6/c19-18(20,21)17-24-15-14(22-12-23-15)16(25-17)27-9-5-6-13(11-27)10-26-7-3-1-2-4-8-26/h12-13H,1-11H2,(H,22,23,24,25). The van der Waals surface area contributed by atoms with Crippen molar-refractivity contribution < 1.29 is 13.2 Å². The molecule has 0 aromatic carbocycles. The van der Waals surface area contributed by atoms with Crippen LogP contribution in [0.1, 0.15) is 44.3 Å². The normalized spacial score (nSPS) is 22.9. The number of halogens is 3. The van der Waals surface area contributed by atoms with Gasteiger partial charge in [0.25, 0.3) is 0 Å². The highest BCUT2D eigenvalue weighted by atomic mass is 19.4. The summed E-state index contributed by atoms with van der Waals surface area (Å²) in [5.74, 6) is -0.351. The van der Waals surface area contributed by atoms with E-state index in [1.54, 1.807) is 0 Å². The van der Waals surface area contributed by atoms with Gasteiger partial charge in [-0.3, -0.25) is 0 Å². The van der Waals surface area contributed by atoms with E-state index in [1.807, 2.05) is 4.90 Å². The maximum atomic E-state index is 13.2. The van der Waals surface area contributed by atoms with E-state index in [4.69, 9.17) is 0 Å². The number of likely N-dealkylation sites (tertiary alicyclic amines) is 1. The fraction of sp³-hybridized carbons (Fsp3) is 0.722. The molecule has 1 atom stereocenters. The number of imidazole rings is 1. The number of rotatable bonds is 3. The molecular formula is C18H25F3N6. The number of hydrogen-bond acceptors (Lipinski definition) is 5. The molecule has 2 aliphatic heterocycles. The number of anilines is 1. The van der Waals surface area contributed by atoms with Gasteiger partial charge in [0.05, 0.1) is 6.33 Å². The molecular weight excluding hydrogens is 357 g/mol. The van der Waals surface area contributed by atoms with Crippen LogP contribution in [0.3, 0.4) is 0 Å². The van der Waals surface area contributed by atoms with Crippen molar-refractivity contribution in [3.8, 4) is 0 Å². The molecule has 6 nitrogen and oxygen atoms in total. The summed E-state index contributed by atoms with van der Waals surface area (Å²) >= 11 is 0. The molecule has 148 valence electrons. The smallest absolute Gasteiger partial charge is 0.354 e. The van der Waals surface area contributed by atoms with Crippen LogP contribution in [0.4, 0.5) is 19.0 Å². The predicted molar refractivity (Wildman–Crippen MR) is 96.5 cm³/mol. The lowest BCUT2D eigenvalue weighted by molar-refractivity contribution is -0.144. The number of H-pyrrole nitrogens is 1. The van der Waals surface area contributed by atoms with Crippen molar-refractivity contribution in [1.82, 2.24) is 24.8 Å². The van der Waals surface area contributed by atoms with E-state index in [9.17, 15) is 13.2 Å². The van der Waals surface area contributed by atoms with Gasteiger partial charge in [-0.2, -0.15) is 13.2 Å². The van der Waals surface area contributed by atoms with E-state index < -0.39 is 12.0 Å². The van der Waals surface area contributed by atoms with Gasteiger partial charge in [0.15, 0.2) is 11.5 Å². The highest BCUT2D eigenvalue weighted by Crippen LogP contribution is 2.32. The van der Waals surface area contributed by atoms with Crippen molar-refractivity contribution in [2.45, 2.75) is 44.7 Å². The van der Waals surface area contributed by atoms with Crippen LogP contribution in [0, 0.1) is 5.92 Å². The van der Waals surface area contributed by atoms with E-state index in [1.165, 1.54) is 32.0 Å². The molecule has 0 bridgehead atoms. The van der Waals surface area contributed by atoms with Crippen molar-refractivity contribution >= 4 is 17.0 Å². The van der Waals surface area contributed by atoms with Crippen LogP contribution in [0.2, 0.25) is 0 Å². The topological polar surface area (TPSA) is 60.9 Å². The number of fused-ring (bicyclic) bond motifs is 1. The number of hydrogen-bond donors (Lipinski definition) is 1. The summed E-state index contributed by atoms with van der Waals surface area (Å²) in [7, 11) is 0. The Labute approximate surface area is 156 Å². The Morgan fingerprint density at radius 3 is 2.56 bits per heavy atom. The predicted octanol–water partition coefficient (Wildman–Crippen LogP) is 3.46. The number of aromatic amines is 1. The van der Waals surface area contributed by atoms with Gasteiger partial charge in [-0.25, -0.2) is 15.0 Å². The van der Waals surface area contributed by atoms with Crippen molar-refractivity contribution in [2.75, 3.05) is 37.6 Å². The van der Waals surface area contributed by atoms with Crippen molar-refractivity contribution in [3.63, 3.8) is 0 Å². The first-order chi connectivity index (χ1) is 13.0. The maximum Gasteiger partial charge on any atom is 0.451 e. The van der Waals surface area contributed by atoms with Gasteiger partial charge in [0.2, 0.25) is 5.82 Å². The first-order valence-electron chi connectivity index (χ1n) is 9.76. The molecule has 4 rings (SSSR count). The molecule has 2 fully saturated rings. The van der Waals surface area contributed by atoms with Gasteiger partial charge in [0.1, 0.15) is 5.52 Å². The highest BCUT2D eigenvalue weighted by molar-refractivity contribution is 5.83. The van der Waals surface area contributed by atoms with Crippen LogP contribution >= 0.6 is 0 Å². The number of nitrogens with zero attached hydrogens (tertiary/aromatic N) is 5. The summed E-state index contributed by atoms with van der Waals surface area (Å²) in [4.78, 5) is 18.8. The van der Waals surface area contributed by atoms with Crippen LogP contribution in [0.15, 0.2) is 6.33 Å².